The lowest BCUT2D eigenvalue weighted by Gasteiger charge is -2.31. The van der Waals surface area contributed by atoms with E-state index in [-0.39, 0.29) is 24.0 Å². The van der Waals surface area contributed by atoms with Crippen LogP contribution in [0.2, 0.25) is 0 Å². The molecule has 0 saturated carbocycles. The molecule has 1 aromatic heterocycles. The van der Waals surface area contributed by atoms with Crippen molar-refractivity contribution in [3.63, 3.8) is 0 Å². The number of carbonyl (C=O) groups excluding carboxylic acids is 1. The Labute approximate surface area is 138 Å². The van der Waals surface area contributed by atoms with E-state index >= 15 is 0 Å². The van der Waals surface area contributed by atoms with Crippen molar-refractivity contribution < 1.29 is 14.6 Å². The van der Waals surface area contributed by atoms with E-state index in [1.54, 1.807) is 0 Å². The third-order valence-electron chi connectivity index (χ3n) is 3.92. The minimum absolute atomic E-state index is 0.145. The number of piperidine rings is 1. The molecule has 5 nitrogen and oxygen atoms in total. The third-order valence-corrected chi connectivity index (χ3v) is 3.92. The standard InChI is InChI=1S/C18H28N2O3/c1-18(2,3)23-16-8-4-7-15(19-16)9-10-17(22)20-11-5-6-14(12-20)13-21/h4,7-8,14,21H,5-6,9-13H2,1-3H3. The van der Waals surface area contributed by atoms with Crippen LogP contribution in [-0.2, 0) is 11.2 Å². The van der Waals surface area contributed by atoms with Crippen LogP contribution in [0.15, 0.2) is 18.2 Å². The van der Waals surface area contributed by atoms with E-state index in [2.05, 4.69) is 4.98 Å². The van der Waals surface area contributed by atoms with Gasteiger partial charge in [0.05, 0.1) is 0 Å². The molecular weight excluding hydrogens is 292 g/mol. The molecule has 128 valence electrons. The number of hydrogen-bond acceptors (Lipinski definition) is 4. The van der Waals surface area contributed by atoms with Crippen molar-refractivity contribution in [1.82, 2.24) is 9.88 Å². The third kappa shape index (κ3) is 5.82. The van der Waals surface area contributed by atoms with Crippen LogP contribution >= 0.6 is 0 Å². The maximum absolute atomic E-state index is 12.3. The molecule has 0 bridgehead atoms. The zero-order chi connectivity index (χ0) is 16.9. The molecule has 1 saturated heterocycles. The lowest BCUT2D eigenvalue weighted by atomic mass is 9.98. The number of pyridine rings is 1. The monoisotopic (exact) mass is 320 g/mol. The van der Waals surface area contributed by atoms with E-state index in [0.717, 1.165) is 25.1 Å². The van der Waals surface area contributed by atoms with E-state index in [0.29, 0.717) is 25.3 Å². The number of aromatic nitrogens is 1. The summed E-state index contributed by atoms with van der Waals surface area (Å²) in [7, 11) is 0. The highest BCUT2D eigenvalue weighted by Crippen LogP contribution is 2.18. The highest BCUT2D eigenvalue weighted by atomic mass is 16.5. The SMILES string of the molecule is CC(C)(C)Oc1cccc(CCC(=O)N2CCCC(CO)C2)n1. The predicted molar refractivity (Wildman–Crippen MR) is 89.3 cm³/mol. The molecule has 2 rings (SSSR count). The molecule has 0 aliphatic carbocycles. The molecule has 0 spiro atoms. The summed E-state index contributed by atoms with van der Waals surface area (Å²) in [4.78, 5) is 18.7. The fraction of sp³-hybridized carbons (Fsp3) is 0.667. The normalized spacial score (nSPS) is 18.8. The van der Waals surface area contributed by atoms with Gasteiger partial charge in [0.2, 0.25) is 11.8 Å². The smallest absolute Gasteiger partial charge is 0.222 e. The largest absolute Gasteiger partial charge is 0.472 e. The molecule has 23 heavy (non-hydrogen) atoms. The van der Waals surface area contributed by atoms with Gasteiger partial charge in [-0.1, -0.05) is 6.07 Å². The van der Waals surface area contributed by atoms with Gasteiger partial charge in [-0.2, -0.15) is 0 Å². The molecule has 1 amide bonds. The van der Waals surface area contributed by atoms with Crippen LogP contribution in [0.3, 0.4) is 0 Å². The van der Waals surface area contributed by atoms with Crippen molar-refractivity contribution in [1.29, 1.82) is 0 Å². The second-order valence-corrected chi connectivity index (χ2v) is 7.21. The van der Waals surface area contributed by atoms with Gasteiger partial charge < -0.3 is 14.7 Å². The number of carbonyl (C=O) groups is 1. The summed E-state index contributed by atoms with van der Waals surface area (Å²) in [5.74, 6) is 0.974. The Morgan fingerprint density at radius 2 is 2.22 bits per heavy atom. The Morgan fingerprint density at radius 1 is 1.43 bits per heavy atom. The molecule has 2 heterocycles. The van der Waals surface area contributed by atoms with Crippen molar-refractivity contribution in [3.8, 4) is 5.88 Å². The van der Waals surface area contributed by atoms with Crippen molar-refractivity contribution in [2.45, 2.75) is 52.1 Å². The Kier molecular flexibility index (Phi) is 5.99. The Bertz CT molecular complexity index is 525. The fourth-order valence-corrected chi connectivity index (χ4v) is 2.80. The van der Waals surface area contributed by atoms with Gasteiger partial charge in [0.15, 0.2) is 0 Å². The lowest BCUT2D eigenvalue weighted by molar-refractivity contribution is -0.133. The predicted octanol–water partition coefficient (Wildman–Crippen LogP) is 2.42. The molecule has 5 heteroatoms. The van der Waals surface area contributed by atoms with Crippen molar-refractivity contribution in [2.24, 2.45) is 5.92 Å². The number of hydrogen-bond donors (Lipinski definition) is 1. The van der Waals surface area contributed by atoms with Gasteiger partial charge in [-0.25, -0.2) is 4.98 Å². The van der Waals surface area contributed by atoms with Crippen LogP contribution in [0.1, 0.15) is 45.7 Å². The lowest BCUT2D eigenvalue weighted by Crippen LogP contribution is -2.41. The van der Waals surface area contributed by atoms with Gasteiger partial charge in [0.25, 0.3) is 0 Å². The zero-order valence-electron chi connectivity index (χ0n) is 14.4. The first-order valence-corrected chi connectivity index (χ1v) is 8.41. The second-order valence-electron chi connectivity index (χ2n) is 7.21. The number of aliphatic hydroxyl groups is 1. The quantitative estimate of drug-likeness (QED) is 0.905. The summed E-state index contributed by atoms with van der Waals surface area (Å²) in [5.41, 5.74) is 0.588. The molecule has 1 aromatic rings. The van der Waals surface area contributed by atoms with Crippen molar-refractivity contribution in [2.75, 3.05) is 19.7 Å². The van der Waals surface area contributed by atoms with Crippen molar-refractivity contribution >= 4 is 5.91 Å². The molecule has 1 unspecified atom stereocenters. The number of amides is 1. The van der Waals surface area contributed by atoms with E-state index in [1.165, 1.54) is 0 Å². The van der Waals surface area contributed by atoms with Crippen molar-refractivity contribution in [3.05, 3.63) is 23.9 Å². The molecule has 1 aliphatic heterocycles. The summed E-state index contributed by atoms with van der Waals surface area (Å²) < 4.78 is 5.76. The first kappa shape index (κ1) is 17.7. The second kappa shape index (κ2) is 7.77. The Balaban J connectivity index is 1.88. The number of nitrogens with zero attached hydrogens (tertiary/aromatic N) is 2. The van der Waals surface area contributed by atoms with Gasteiger partial charge in [0.1, 0.15) is 5.60 Å². The van der Waals surface area contributed by atoms with Gasteiger partial charge in [-0.15, -0.1) is 0 Å². The van der Waals surface area contributed by atoms with Crippen LogP contribution in [0.5, 0.6) is 5.88 Å². The summed E-state index contributed by atoms with van der Waals surface area (Å²) in [6.45, 7) is 7.60. The van der Waals surface area contributed by atoms with E-state index in [4.69, 9.17) is 4.74 Å². The average Bonchev–Trinajstić information content (AvgIpc) is 2.51. The fourth-order valence-electron chi connectivity index (χ4n) is 2.80. The van der Waals surface area contributed by atoms with Gasteiger partial charge in [-0.05, 0) is 52.0 Å². The molecule has 1 N–H and O–H groups in total. The number of likely N-dealkylation sites (tertiary alicyclic amines) is 1. The van der Waals surface area contributed by atoms with Crippen LogP contribution in [-0.4, -0.2) is 46.2 Å². The molecule has 1 atom stereocenters. The van der Waals surface area contributed by atoms with E-state index in [1.807, 2.05) is 43.9 Å². The van der Waals surface area contributed by atoms with Gasteiger partial charge in [-0.3, -0.25) is 4.79 Å². The number of aliphatic hydroxyl groups excluding tert-OH is 1. The number of ether oxygens (including phenoxy) is 1. The Morgan fingerprint density at radius 3 is 2.91 bits per heavy atom. The maximum atomic E-state index is 12.3. The highest BCUT2D eigenvalue weighted by molar-refractivity contribution is 5.76. The average molecular weight is 320 g/mol. The van der Waals surface area contributed by atoms with Crippen LogP contribution in [0, 0.1) is 5.92 Å². The first-order chi connectivity index (χ1) is 10.9. The molecule has 0 radical (unpaired) electrons. The molecule has 1 fully saturated rings. The molecular formula is C18H28N2O3. The van der Waals surface area contributed by atoms with Crippen LogP contribution in [0.25, 0.3) is 0 Å². The molecule has 1 aliphatic rings. The zero-order valence-corrected chi connectivity index (χ0v) is 14.4. The van der Waals surface area contributed by atoms with Gasteiger partial charge >= 0.3 is 0 Å². The summed E-state index contributed by atoms with van der Waals surface area (Å²) in [6, 6.07) is 5.68. The summed E-state index contributed by atoms with van der Waals surface area (Å²) in [5, 5.41) is 9.26. The highest BCUT2D eigenvalue weighted by Gasteiger charge is 2.23. The Hall–Kier alpha value is -1.62. The maximum Gasteiger partial charge on any atom is 0.222 e. The summed E-state index contributed by atoms with van der Waals surface area (Å²) >= 11 is 0. The minimum Gasteiger partial charge on any atom is -0.472 e. The first-order valence-electron chi connectivity index (χ1n) is 8.41. The minimum atomic E-state index is -0.283. The van der Waals surface area contributed by atoms with Gasteiger partial charge in [0, 0.05) is 37.9 Å². The van der Waals surface area contributed by atoms with E-state index < -0.39 is 0 Å². The molecule has 0 aromatic carbocycles. The topological polar surface area (TPSA) is 62.7 Å². The summed E-state index contributed by atoms with van der Waals surface area (Å²) in [6.07, 6.45) is 3.04. The number of rotatable bonds is 5. The van der Waals surface area contributed by atoms with Crippen LogP contribution < -0.4 is 4.74 Å². The van der Waals surface area contributed by atoms with Crippen LogP contribution in [0.4, 0.5) is 0 Å². The van der Waals surface area contributed by atoms with E-state index in [9.17, 15) is 9.90 Å². The number of aryl methyl sites for hydroxylation is 1.